The largest absolute Gasteiger partial charge is 0.460 e. The molecule has 1 aliphatic rings. The van der Waals surface area contributed by atoms with Gasteiger partial charge in [0.05, 0.1) is 0 Å². The number of carbonyl (C=O) groups excluding carboxylic acids is 2. The van der Waals surface area contributed by atoms with E-state index < -0.39 is 18.1 Å². The summed E-state index contributed by atoms with van der Waals surface area (Å²) in [5.74, 6) is -0.606. The van der Waals surface area contributed by atoms with Gasteiger partial charge in [-0.1, -0.05) is 78.9 Å². The van der Waals surface area contributed by atoms with Crippen LogP contribution in [0.1, 0.15) is 22.6 Å². The van der Waals surface area contributed by atoms with Crippen LogP contribution in [0.25, 0.3) is 11.1 Å². The van der Waals surface area contributed by atoms with Gasteiger partial charge in [-0.15, -0.1) is 0 Å². The Labute approximate surface area is 181 Å². The van der Waals surface area contributed by atoms with E-state index in [4.69, 9.17) is 15.2 Å². The topological polar surface area (TPSA) is 90.6 Å². The summed E-state index contributed by atoms with van der Waals surface area (Å²) in [4.78, 5) is 24.2. The maximum Gasteiger partial charge on any atom is 0.407 e. The van der Waals surface area contributed by atoms with E-state index in [0.717, 1.165) is 27.8 Å². The maximum atomic E-state index is 12.2. The first-order valence-electron chi connectivity index (χ1n) is 10.2. The molecule has 6 heteroatoms. The van der Waals surface area contributed by atoms with E-state index in [9.17, 15) is 9.59 Å². The molecule has 0 saturated heterocycles. The van der Waals surface area contributed by atoms with Crippen LogP contribution in [-0.4, -0.2) is 31.3 Å². The Morgan fingerprint density at radius 2 is 1.42 bits per heavy atom. The van der Waals surface area contributed by atoms with Crippen molar-refractivity contribution in [2.24, 2.45) is 5.73 Å². The fourth-order valence-corrected chi connectivity index (χ4v) is 3.76. The Morgan fingerprint density at radius 3 is 2.06 bits per heavy atom. The molecular weight excluding hydrogens is 392 g/mol. The van der Waals surface area contributed by atoms with Gasteiger partial charge >= 0.3 is 12.1 Å². The molecule has 0 radical (unpaired) electrons. The molecule has 0 unspecified atom stereocenters. The molecule has 1 atom stereocenters. The average molecular weight is 416 g/mol. The standard InChI is InChI=1S/C25H24N2O4/c26-23(24(28)30-15-17-8-2-1-3-9-17)14-27-25(29)31-16-22-20-12-6-4-10-18(20)19-11-5-7-13-21(19)22/h1-13,22-23H,14-16,26H2,(H,27,29)/t23-/m1/s1. The molecule has 1 amide bonds. The van der Waals surface area contributed by atoms with Crippen LogP contribution in [0.5, 0.6) is 0 Å². The van der Waals surface area contributed by atoms with Crippen LogP contribution in [0.15, 0.2) is 78.9 Å². The van der Waals surface area contributed by atoms with Crippen LogP contribution in [0.3, 0.4) is 0 Å². The smallest absolute Gasteiger partial charge is 0.407 e. The van der Waals surface area contributed by atoms with Crippen molar-refractivity contribution < 1.29 is 19.1 Å². The van der Waals surface area contributed by atoms with Gasteiger partial charge in [-0.25, -0.2) is 4.79 Å². The van der Waals surface area contributed by atoms with Gasteiger partial charge in [-0.05, 0) is 27.8 Å². The van der Waals surface area contributed by atoms with E-state index in [-0.39, 0.29) is 25.7 Å². The third-order valence-electron chi connectivity index (χ3n) is 5.34. The number of carbonyl (C=O) groups is 2. The van der Waals surface area contributed by atoms with E-state index in [1.54, 1.807) is 0 Å². The molecule has 1 aliphatic carbocycles. The summed E-state index contributed by atoms with van der Waals surface area (Å²) in [6.07, 6.45) is -0.617. The number of hydrogen-bond donors (Lipinski definition) is 2. The van der Waals surface area contributed by atoms with Crippen LogP contribution < -0.4 is 11.1 Å². The molecule has 0 spiro atoms. The summed E-state index contributed by atoms with van der Waals surface area (Å²) < 4.78 is 10.6. The first-order valence-corrected chi connectivity index (χ1v) is 10.2. The number of rotatable bonds is 7. The van der Waals surface area contributed by atoms with Crippen molar-refractivity contribution in [3.8, 4) is 11.1 Å². The minimum Gasteiger partial charge on any atom is -0.460 e. The molecule has 3 N–H and O–H groups in total. The fraction of sp³-hybridized carbons (Fsp3) is 0.200. The average Bonchev–Trinajstić information content (AvgIpc) is 3.14. The molecule has 31 heavy (non-hydrogen) atoms. The van der Waals surface area contributed by atoms with E-state index >= 15 is 0 Å². The van der Waals surface area contributed by atoms with Crippen molar-refractivity contribution in [2.75, 3.05) is 13.2 Å². The van der Waals surface area contributed by atoms with Gasteiger partial charge in [0.1, 0.15) is 19.3 Å². The van der Waals surface area contributed by atoms with Crippen LogP contribution in [0.4, 0.5) is 4.79 Å². The predicted molar refractivity (Wildman–Crippen MR) is 117 cm³/mol. The van der Waals surface area contributed by atoms with Gasteiger partial charge in [0.2, 0.25) is 0 Å². The Bertz CT molecular complexity index is 1020. The second-order valence-corrected chi connectivity index (χ2v) is 7.41. The zero-order valence-corrected chi connectivity index (χ0v) is 17.0. The number of alkyl carbamates (subject to hydrolysis) is 1. The highest BCUT2D eigenvalue weighted by Crippen LogP contribution is 2.44. The third kappa shape index (κ3) is 4.75. The Morgan fingerprint density at radius 1 is 0.839 bits per heavy atom. The minimum atomic E-state index is -0.968. The molecule has 6 nitrogen and oxygen atoms in total. The van der Waals surface area contributed by atoms with Gasteiger partial charge in [-0.2, -0.15) is 0 Å². The van der Waals surface area contributed by atoms with Crippen LogP contribution in [-0.2, 0) is 20.9 Å². The molecule has 4 rings (SSSR count). The monoisotopic (exact) mass is 416 g/mol. The third-order valence-corrected chi connectivity index (χ3v) is 5.34. The Balaban J connectivity index is 1.26. The molecular formula is C25H24N2O4. The number of nitrogens with one attached hydrogen (secondary N) is 1. The zero-order valence-electron chi connectivity index (χ0n) is 17.0. The molecule has 0 bridgehead atoms. The lowest BCUT2D eigenvalue weighted by molar-refractivity contribution is -0.146. The Kier molecular flexibility index (Phi) is 6.29. The molecule has 0 saturated carbocycles. The van der Waals surface area contributed by atoms with Crippen molar-refractivity contribution in [1.29, 1.82) is 0 Å². The molecule has 158 valence electrons. The fourth-order valence-electron chi connectivity index (χ4n) is 3.76. The molecule has 0 heterocycles. The van der Waals surface area contributed by atoms with Crippen molar-refractivity contribution in [2.45, 2.75) is 18.6 Å². The lowest BCUT2D eigenvalue weighted by Gasteiger charge is -2.16. The summed E-state index contributed by atoms with van der Waals surface area (Å²) in [5.41, 5.74) is 11.3. The highest BCUT2D eigenvalue weighted by molar-refractivity contribution is 5.79. The molecule has 0 aliphatic heterocycles. The predicted octanol–water partition coefficient (Wildman–Crippen LogP) is 3.60. The zero-order chi connectivity index (χ0) is 21.6. The molecule has 3 aromatic rings. The number of fused-ring (bicyclic) bond motifs is 3. The van der Waals surface area contributed by atoms with Crippen LogP contribution in [0, 0.1) is 0 Å². The Hall–Kier alpha value is -3.64. The highest BCUT2D eigenvalue weighted by atomic mass is 16.5. The first-order chi connectivity index (χ1) is 15.1. The first kappa shape index (κ1) is 20.6. The quantitative estimate of drug-likeness (QED) is 0.575. The second kappa shape index (κ2) is 9.45. The number of ether oxygens (including phenoxy) is 2. The minimum absolute atomic E-state index is 0.0253. The highest BCUT2D eigenvalue weighted by Gasteiger charge is 2.29. The van der Waals surface area contributed by atoms with Gasteiger partial charge in [0, 0.05) is 12.5 Å². The lowest BCUT2D eigenvalue weighted by atomic mass is 9.98. The van der Waals surface area contributed by atoms with E-state index in [1.807, 2.05) is 54.6 Å². The maximum absolute atomic E-state index is 12.2. The van der Waals surface area contributed by atoms with Crippen molar-refractivity contribution in [3.05, 3.63) is 95.6 Å². The SMILES string of the molecule is N[C@H](CNC(=O)OCC1c2ccccc2-c2ccccc21)C(=O)OCc1ccccc1. The number of hydrogen-bond acceptors (Lipinski definition) is 5. The summed E-state index contributed by atoms with van der Waals surface area (Å²) in [5, 5.41) is 2.55. The molecule has 0 aromatic heterocycles. The molecule has 3 aromatic carbocycles. The van der Waals surface area contributed by atoms with Crippen molar-refractivity contribution in [3.63, 3.8) is 0 Å². The van der Waals surface area contributed by atoms with Crippen LogP contribution >= 0.6 is 0 Å². The number of esters is 1. The van der Waals surface area contributed by atoms with E-state index in [1.165, 1.54) is 0 Å². The van der Waals surface area contributed by atoms with Crippen LogP contribution in [0.2, 0.25) is 0 Å². The lowest BCUT2D eigenvalue weighted by Crippen LogP contribution is -2.43. The van der Waals surface area contributed by atoms with Gasteiger partial charge in [-0.3, -0.25) is 4.79 Å². The number of nitrogens with two attached hydrogens (primary N) is 1. The molecule has 0 fully saturated rings. The van der Waals surface area contributed by atoms with E-state index in [0.29, 0.717) is 0 Å². The van der Waals surface area contributed by atoms with Crippen molar-refractivity contribution >= 4 is 12.1 Å². The van der Waals surface area contributed by atoms with Gasteiger partial charge < -0.3 is 20.5 Å². The number of amides is 1. The summed E-state index contributed by atoms with van der Waals surface area (Å²) in [6.45, 7) is 0.274. The van der Waals surface area contributed by atoms with Gasteiger partial charge in [0.15, 0.2) is 0 Å². The van der Waals surface area contributed by atoms with E-state index in [2.05, 4.69) is 29.6 Å². The summed E-state index contributed by atoms with van der Waals surface area (Å²) in [7, 11) is 0. The second-order valence-electron chi connectivity index (χ2n) is 7.41. The summed E-state index contributed by atoms with van der Waals surface area (Å²) in [6, 6.07) is 24.6. The van der Waals surface area contributed by atoms with Gasteiger partial charge in [0.25, 0.3) is 0 Å². The van der Waals surface area contributed by atoms with Crippen molar-refractivity contribution in [1.82, 2.24) is 5.32 Å². The normalized spacial score (nSPS) is 13.1. The summed E-state index contributed by atoms with van der Waals surface area (Å²) >= 11 is 0. The number of benzene rings is 3.